The van der Waals surface area contributed by atoms with Crippen LogP contribution >= 0.6 is 23.2 Å². The van der Waals surface area contributed by atoms with Crippen LogP contribution in [0.15, 0.2) is 23.1 Å². The number of carbonyl (C=O) groups is 1. The van der Waals surface area contributed by atoms with Crippen molar-refractivity contribution in [3.05, 3.63) is 23.8 Å². The van der Waals surface area contributed by atoms with E-state index in [2.05, 4.69) is 5.32 Å². The SMILES string of the molecule is COCC1CCCN1S(=O)(=O)c1ccc2c(c1)C(Cl)(Cl)C(=O)N2. The first kappa shape index (κ1) is 17.0. The predicted molar refractivity (Wildman–Crippen MR) is 87.2 cm³/mol. The number of fused-ring (bicyclic) bond motifs is 1. The zero-order valence-electron chi connectivity index (χ0n) is 12.4. The lowest BCUT2D eigenvalue weighted by Crippen LogP contribution is -2.38. The quantitative estimate of drug-likeness (QED) is 0.813. The molecule has 0 aromatic heterocycles. The summed E-state index contributed by atoms with van der Waals surface area (Å²) in [6.07, 6.45) is 1.54. The number of methoxy groups -OCH3 is 1. The highest BCUT2D eigenvalue weighted by atomic mass is 35.5. The molecule has 6 nitrogen and oxygen atoms in total. The maximum atomic E-state index is 12.9. The first-order valence-corrected chi connectivity index (χ1v) is 9.32. The number of benzene rings is 1. The van der Waals surface area contributed by atoms with Gasteiger partial charge in [0.25, 0.3) is 5.91 Å². The molecule has 0 radical (unpaired) electrons. The Morgan fingerprint density at radius 3 is 2.87 bits per heavy atom. The molecule has 1 amide bonds. The molecule has 1 unspecified atom stereocenters. The van der Waals surface area contributed by atoms with Crippen LogP contribution < -0.4 is 5.32 Å². The minimum absolute atomic E-state index is 0.0708. The Labute approximate surface area is 144 Å². The molecule has 1 saturated heterocycles. The Morgan fingerprint density at radius 2 is 2.17 bits per heavy atom. The number of amides is 1. The van der Waals surface area contributed by atoms with E-state index < -0.39 is 20.3 Å². The zero-order chi connectivity index (χ0) is 16.8. The monoisotopic (exact) mass is 378 g/mol. The van der Waals surface area contributed by atoms with Crippen molar-refractivity contribution < 1.29 is 17.9 Å². The van der Waals surface area contributed by atoms with Gasteiger partial charge in [-0.05, 0) is 31.0 Å². The molecule has 0 aliphatic carbocycles. The van der Waals surface area contributed by atoms with Crippen LogP contribution in [0.3, 0.4) is 0 Å². The van der Waals surface area contributed by atoms with Gasteiger partial charge in [0.2, 0.25) is 14.4 Å². The lowest BCUT2D eigenvalue weighted by Gasteiger charge is -2.24. The maximum absolute atomic E-state index is 12.9. The van der Waals surface area contributed by atoms with Crippen LogP contribution in [0, 0.1) is 0 Å². The summed E-state index contributed by atoms with van der Waals surface area (Å²) in [5.41, 5.74) is 0.684. The lowest BCUT2D eigenvalue weighted by atomic mass is 10.1. The summed E-state index contributed by atoms with van der Waals surface area (Å²) >= 11 is 12.1. The van der Waals surface area contributed by atoms with Crippen molar-refractivity contribution in [2.24, 2.45) is 0 Å². The lowest BCUT2D eigenvalue weighted by molar-refractivity contribution is -0.116. The van der Waals surface area contributed by atoms with E-state index >= 15 is 0 Å². The van der Waals surface area contributed by atoms with Gasteiger partial charge in [-0.3, -0.25) is 4.79 Å². The molecule has 1 aromatic rings. The summed E-state index contributed by atoms with van der Waals surface area (Å²) in [5.74, 6) is -0.580. The van der Waals surface area contributed by atoms with Gasteiger partial charge in [0.05, 0.1) is 11.5 Å². The van der Waals surface area contributed by atoms with Crippen LogP contribution in [0.5, 0.6) is 0 Å². The van der Waals surface area contributed by atoms with Gasteiger partial charge in [0, 0.05) is 30.9 Å². The molecule has 23 heavy (non-hydrogen) atoms. The second-order valence-corrected chi connectivity index (χ2v) is 8.82. The Hall–Kier alpha value is -0.860. The summed E-state index contributed by atoms with van der Waals surface area (Å²) in [4.78, 5) is 11.8. The molecule has 1 fully saturated rings. The van der Waals surface area contributed by atoms with E-state index in [1.165, 1.54) is 22.5 Å². The molecule has 9 heteroatoms. The summed E-state index contributed by atoms with van der Waals surface area (Å²) in [6, 6.07) is 4.14. The summed E-state index contributed by atoms with van der Waals surface area (Å²) in [6.45, 7) is 0.788. The number of nitrogens with zero attached hydrogens (tertiary/aromatic N) is 1. The number of rotatable bonds is 4. The Bertz CT molecular complexity index is 751. The van der Waals surface area contributed by atoms with Crippen molar-refractivity contribution in [3.8, 4) is 0 Å². The Kier molecular flexibility index (Phi) is 4.35. The first-order valence-electron chi connectivity index (χ1n) is 7.13. The van der Waals surface area contributed by atoms with Gasteiger partial charge in [-0.1, -0.05) is 23.2 Å². The van der Waals surface area contributed by atoms with Crippen LogP contribution in [0.1, 0.15) is 18.4 Å². The van der Waals surface area contributed by atoms with Gasteiger partial charge in [0.15, 0.2) is 0 Å². The van der Waals surface area contributed by atoms with Crippen molar-refractivity contribution in [3.63, 3.8) is 0 Å². The van der Waals surface area contributed by atoms with Gasteiger partial charge in [-0.2, -0.15) is 4.31 Å². The molecular formula is C14H16Cl2N2O4S. The maximum Gasteiger partial charge on any atom is 0.265 e. The van der Waals surface area contributed by atoms with Crippen molar-refractivity contribution >= 4 is 44.8 Å². The van der Waals surface area contributed by atoms with E-state index in [1.807, 2.05) is 0 Å². The summed E-state index contributed by atoms with van der Waals surface area (Å²) in [5, 5.41) is 2.53. The number of halogens is 2. The number of sulfonamides is 1. The first-order chi connectivity index (χ1) is 10.8. The van der Waals surface area contributed by atoms with E-state index in [0.29, 0.717) is 18.8 Å². The molecule has 0 spiro atoms. The molecular weight excluding hydrogens is 363 g/mol. The second kappa shape index (κ2) is 5.89. The molecule has 2 aliphatic heterocycles. The smallest absolute Gasteiger partial charge is 0.265 e. The van der Waals surface area contributed by atoms with Crippen LogP contribution in [0.25, 0.3) is 0 Å². The van der Waals surface area contributed by atoms with Crippen molar-refractivity contribution in [2.45, 2.75) is 28.1 Å². The summed E-state index contributed by atoms with van der Waals surface area (Å²) in [7, 11) is -2.16. The highest BCUT2D eigenvalue weighted by Gasteiger charge is 2.45. The van der Waals surface area contributed by atoms with E-state index in [-0.39, 0.29) is 16.5 Å². The molecule has 3 rings (SSSR count). The topological polar surface area (TPSA) is 75.7 Å². The normalized spacial score (nSPS) is 23.8. The van der Waals surface area contributed by atoms with Crippen LogP contribution in [0.4, 0.5) is 5.69 Å². The van der Waals surface area contributed by atoms with Gasteiger partial charge in [0.1, 0.15) is 0 Å². The molecule has 1 aromatic carbocycles. The molecule has 1 N–H and O–H groups in total. The summed E-state index contributed by atoms with van der Waals surface area (Å²) < 4.78 is 30.5. The third kappa shape index (κ3) is 2.74. The molecule has 1 atom stereocenters. The second-order valence-electron chi connectivity index (χ2n) is 5.60. The van der Waals surface area contributed by atoms with Crippen molar-refractivity contribution in [1.29, 1.82) is 0 Å². The zero-order valence-corrected chi connectivity index (χ0v) is 14.7. The molecule has 0 saturated carbocycles. The number of carbonyl (C=O) groups excluding carboxylic acids is 1. The third-order valence-electron chi connectivity index (χ3n) is 4.15. The number of anilines is 1. The highest BCUT2D eigenvalue weighted by molar-refractivity contribution is 7.89. The average Bonchev–Trinajstić information content (AvgIpc) is 3.04. The van der Waals surface area contributed by atoms with Gasteiger partial charge in [-0.25, -0.2) is 8.42 Å². The van der Waals surface area contributed by atoms with Gasteiger partial charge >= 0.3 is 0 Å². The standard InChI is InChI=1S/C14H16Cl2N2O4S/c1-22-8-9-3-2-6-18(9)23(20,21)10-4-5-12-11(7-10)14(15,16)13(19)17-12/h4-5,7,9H,2-3,6,8H2,1H3,(H,17,19). The van der Waals surface area contributed by atoms with E-state index in [4.69, 9.17) is 27.9 Å². The Morgan fingerprint density at radius 1 is 1.43 bits per heavy atom. The number of hydrogen-bond acceptors (Lipinski definition) is 4. The third-order valence-corrected chi connectivity index (χ3v) is 6.85. The van der Waals surface area contributed by atoms with Gasteiger partial charge in [-0.15, -0.1) is 0 Å². The number of nitrogens with one attached hydrogen (secondary N) is 1. The van der Waals surface area contributed by atoms with E-state index in [9.17, 15) is 13.2 Å². The fourth-order valence-electron chi connectivity index (χ4n) is 3.00. The molecule has 2 heterocycles. The largest absolute Gasteiger partial charge is 0.383 e. The highest BCUT2D eigenvalue weighted by Crippen LogP contribution is 2.45. The van der Waals surface area contributed by atoms with Crippen LogP contribution in [0.2, 0.25) is 0 Å². The number of alkyl halides is 2. The minimum atomic E-state index is -3.70. The average molecular weight is 379 g/mol. The van der Waals surface area contributed by atoms with Gasteiger partial charge < -0.3 is 10.1 Å². The van der Waals surface area contributed by atoms with E-state index in [1.54, 1.807) is 7.11 Å². The van der Waals surface area contributed by atoms with Crippen molar-refractivity contribution in [1.82, 2.24) is 4.31 Å². The van der Waals surface area contributed by atoms with Crippen LogP contribution in [-0.2, 0) is 23.9 Å². The Balaban J connectivity index is 1.99. The predicted octanol–water partition coefficient (Wildman–Crippen LogP) is 2.07. The van der Waals surface area contributed by atoms with E-state index in [0.717, 1.165) is 12.8 Å². The minimum Gasteiger partial charge on any atom is -0.383 e. The molecule has 0 bridgehead atoms. The number of hydrogen-bond donors (Lipinski definition) is 1. The fraction of sp³-hybridized carbons (Fsp3) is 0.500. The number of ether oxygens (including phenoxy) is 1. The molecule has 126 valence electrons. The van der Waals surface area contributed by atoms with Crippen molar-refractivity contribution in [2.75, 3.05) is 25.6 Å². The van der Waals surface area contributed by atoms with Crippen LogP contribution in [-0.4, -0.2) is 44.9 Å². The molecule has 2 aliphatic rings. The fourth-order valence-corrected chi connectivity index (χ4v) is 5.11.